The molecule has 1 N–H and O–H groups in total. The molecule has 1 aromatic carbocycles. The zero-order valence-corrected chi connectivity index (χ0v) is 10.9. The Kier molecular flexibility index (Phi) is 9.92. The Balaban J connectivity index is 0.000000770. The van der Waals surface area contributed by atoms with Crippen molar-refractivity contribution in [2.75, 3.05) is 6.54 Å². The van der Waals surface area contributed by atoms with Crippen molar-refractivity contribution < 1.29 is 4.79 Å². The minimum Gasteiger partial charge on any atom is -0.353 e. The summed E-state index contributed by atoms with van der Waals surface area (Å²) < 4.78 is 0. The van der Waals surface area contributed by atoms with Gasteiger partial charge in [0.2, 0.25) is 5.91 Å². The number of amides is 1. The van der Waals surface area contributed by atoms with Gasteiger partial charge < -0.3 is 5.32 Å². The SMILES string of the molecule is C=CCNC(=O)CCc1ccccc1.CCC. The molecule has 0 atom stereocenters. The lowest BCUT2D eigenvalue weighted by Gasteiger charge is -2.02. The van der Waals surface area contributed by atoms with Crippen LogP contribution in [0.2, 0.25) is 0 Å². The third-order valence-electron chi connectivity index (χ3n) is 1.93. The smallest absolute Gasteiger partial charge is 0.220 e. The lowest BCUT2D eigenvalue weighted by atomic mass is 10.1. The Morgan fingerprint density at radius 1 is 1.29 bits per heavy atom. The van der Waals surface area contributed by atoms with Crippen LogP contribution in [0.5, 0.6) is 0 Å². The quantitative estimate of drug-likeness (QED) is 0.776. The maximum absolute atomic E-state index is 11.2. The summed E-state index contributed by atoms with van der Waals surface area (Å²) in [6.45, 7) is 8.34. The van der Waals surface area contributed by atoms with Crippen molar-refractivity contribution in [1.82, 2.24) is 5.32 Å². The first-order valence-corrected chi connectivity index (χ1v) is 6.16. The fourth-order valence-corrected chi connectivity index (χ4v) is 1.18. The minimum atomic E-state index is 0.0775. The largest absolute Gasteiger partial charge is 0.353 e. The average molecular weight is 233 g/mol. The summed E-state index contributed by atoms with van der Waals surface area (Å²) >= 11 is 0. The van der Waals surface area contributed by atoms with Crippen molar-refractivity contribution in [3.05, 3.63) is 48.6 Å². The van der Waals surface area contributed by atoms with Gasteiger partial charge >= 0.3 is 0 Å². The Morgan fingerprint density at radius 3 is 2.41 bits per heavy atom. The highest BCUT2D eigenvalue weighted by Crippen LogP contribution is 2.01. The van der Waals surface area contributed by atoms with Gasteiger partial charge in [-0.1, -0.05) is 56.7 Å². The van der Waals surface area contributed by atoms with Crippen LogP contribution in [-0.4, -0.2) is 12.5 Å². The molecular formula is C15H23NO. The number of aryl methyl sites for hydroxylation is 1. The summed E-state index contributed by atoms with van der Waals surface area (Å²) in [6, 6.07) is 10.00. The van der Waals surface area contributed by atoms with Crippen molar-refractivity contribution in [2.45, 2.75) is 33.1 Å². The van der Waals surface area contributed by atoms with Crippen LogP contribution >= 0.6 is 0 Å². The van der Waals surface area contributed by atoms with Crippen LogP contribution < -0.4 is 5.32 Å². The van der Waals surface area contributed by atoms with E-state index in [-0.39, 0.29) is 5.91 Å². The highest BCUT2D eigenvalue weighted by atomic mass is 16.1. The molecule has 17 heavy (non-hydrogen) atoms. The van der Waals surface area contributed by atoms with Gasteiger partial charge in [-0.05, 0) is 12.0 Å². The summed E-state index contributed by atoms with van der Waals surface area (Å²) in [4.78, 5) is 11.2. The molecule has 0 spiro atoms. The molecule has 2 nitrogen and oxygen atoms in total. The van der Waals surface area contributed by atoms with Gasteiger partial charge in [0.25, 0.3) is 0 Å². The second-order valence-electron chi connectivity index (χ2n) is 3.79. The lowest BCUT2D eigenvalue weighted by molar-refractivity contribution is -0.120. The van der Waals surface area contributed by atoms with E-state index in [4.69, 9.17) is 0 Å². The van der Waals surface area contributed by atoms with Gasteiger partial charge in [0.15, 0.2) is 0 Å². The van der Waals surface area contributed by atoms with Crippen LogP contribution in [0.25, 0.3) is 0 Å². The minimum absolute atomic E-state index is 0.0775. The van der Waals surface area contributed by atoms with Crippen LogP contribution in [0.3, 0.4) is 0 Å². The predicted molar refractivity (Wildman–Crippen MR) is 73.9 cm³/mol. The summed E-state index contributed by atoms with van der Waals surface area (Å²) in [5.74, 6) is 0.0775. The van der Waals surface area contributed by atoms with Crippen molar-refractivity contribution in [1.29, 1.82) is 0 Å². The van der Waals surface area contributed by atoms with Crippen LogP contribution in [0.1, 0.15) is 32.3 Å². The molecule has 0 aliphatic carbocycles. The van der Waals surface area contributed by atoms with Crippen LogP contribution in [0, 0.1) is 0 Å². The fourth-order valence-electron chi connectivity index (χ4n) is 1.18. The molecule has 2 heteroatoms. The number of carbonyl (C=O) groups excluding carboxylic acids is 1. The third kappa shape index (κ3) is 9.36. The van der Waals surface area contributed by atoms with E-state index in [1.54, 1.807) is 6.08 Å². The molecule has 0 unspecified atom stereocenters. The van der Waals surface area contributed by atoms with Crippen molar-refractivity contribution in [3.63, 3.8) is 0 Å². The van der Waals surface area contributed by atoms with Crippen molar-refractivity contribution in [3.8, 4) is 0 Å². The van der Waals surface area contributed by atoms with Gasteiger partial charge in [-0.3, -0.25) is 4.79 Å². The first-order valence-electron chi connectivity index (χ1n) is 6.16. The first-order chi connectivity index (χ1) is 8.24. The number of hydrogen-bond acceptors (Lipinski definition) is 1. The molecule has 94 valence electrons. The number of nitrogens with one attached hydrogen (secondary N) is 1. The summed E-state index contributed by atoms with van der Waals surface area (Å²) in [5.41, 5.74) is 1.20. The van der Waals surface area contributed by atoms with E-state index < -0.39 is 0 Å². The number of hydrogen-bond donors (Lipinski definition) is 1. The Hall–Kier alpha value is -1.57. The zero-order valence-electron chi connectivity index (χ0n) is 10.9. The standard InChI is InChI=1S/C12H15NO.C3H8/c1-2-10-13-12(14)9-8-11-6-4-3-5-7-11;1-3-2/h2-7H,1,8-10H2,(H,13,14);3H2,1-2H3. The molecule has 0 bridgehead atoms. The predicted octanol–water partition coefficient (Wildman–Crippen LogP) is 3.34. The normalized spacial score (nSPS) is 8.82. The van der Waals surface area contributed by atoms with Gasteiger partial charge in [0.05, 0.1) is 0 Å². The number of benzene rings is 1. The van der Waals surface area contributed by atoms with Crippen molar-refractivity contribution in [2.24, 2.45) is 0 Å². The Bertz CT molecular complexity index is 306. The summed E-state index contributed by atoms with van der Waals surface area (Å²) in [5, 5.41) is 2.75. The second kappa shape index (κ2) is 10.9. The van der Waals surface area contributed by atoms with Crippen LogP contribution in [0.4, 0.5) is 0 Å². The molecule has 1 aromatic rings. The molecule has 0 aliphatic heterocycles. The molecule has 1 rings (SSSR count). The molecule has 0 heterocycles. The molecule has 0 aliphatic rings. The molecule has 0 saturated carbocycles. The van der Waals surface area contributed by atoms with Crippen LogP contribution in [0.15, 0.2) is 43.0 Å². The number of carbonyl (C=O) groups is 1. The molecule has 0 fully saturated rings. The highest BCUT2D eigenvalue weighted by molar-refractivity contribution is 5.76. The van der Waals surface area contributed by atoms with Gasteiger partial charge in [0.1, 0.15) is 0 Å². The van der Waals surface area contributed by atoms with Crippen molar-refractivity contribution >= 4 is 5.91 Å². The third-order valence-corrected chi connectivity index (χ3v) is 1.93. The molecule has 0 aromatic heterocycles. The topological polar surface area (TPSA) is 29.1 Å². The first kappa shape index (κ1) is 15.4. The maximum Gasteiger partial charge on any atom is 0.220 e. The van der Waals surface area contributed by atoms with E-state index in [1.165, 1.54) is 12.0 Å². The maximum atomic E-state index is 11.2. The van der Waals surface area contributed by atoms with Gasteiger partial charge in [-0.2, -0.15) is 0 Å². The van der Waals surface area contributed by atoms with E-state index in [0.29, 0.717) is 13.0 Å². The Labute approximate surface area is 105 Å². The van der Waals surface area contributed by atoms with E-state index in [0.717, 1.165) is 6.42 Å². The molecule has 0 saturated heterocycles. The summed E-state index contributed by atoms with van der Waals surface area (Å²) in [6.07, 6.45) is 4.27. The van der Waals surface area contributed by atoms with E-state index in [1.807, 2.05) is 30.3 Å². The fraction of sp³-hybridized carbons (Fsp3) is 0.400. The van der Waals surface area contributed by atoms with Gasteiger partial charge in [-0.15, -0.1) is 6.58 Å². The lowest BCUT2D eigenvalue weighted by Crippen LogP contribution is -2.23. The van der Waals surface area contributed by atoms with Crippen LogP contribution in [-0.2, 0) is 11.2 Å². The molecule has 0 radical (unpaired) electrons. The summed E-state index contributed by atoms with van der Waals surface area (Å²) in [7, 11) is 0. The van der Waals surface area contributed by atoms with E-state index in [9.17, 15) is 4.79 Å². The molecule has 1 amide bonds. The monoisotopic (exact) mass is 233 g/mol. The van der Waals surface area contributed by atoms with E-state index in [2.05, 4.69) is 25.7 Å². The van der Waals surface area contributed by atoms with E-state index >= 15 is 0 Å². The second-order valence-corrected chi connectivity index (χ2v) is 3.79. The number of rotatable bonds is 5. The van der Waals surface area contributed by atoms with Gasteiger partial charge in [0, 0.05) is 13.0 Å². The zero-order chi connectivity index (χ0) is 12.9. The Morgan fingerprint density at radius 2 is 1.88 bits per heavy atom. The van der Waals surface area contributed by atoms with Gasteiger partial charge in [-0.25, -0.2) is 0 Å². The average Bonchev–Trinajstić information content (AvgIpc) is 2.36. The molecular weight excluding hydrogens is 210 g/mol. The highest BCUT2D eigenvalue weighted by Gasteiger charge is 1.99.